The Balaban J connectivity index is 2.16. The van der Waals surface area contributed by atoms with E-state index in [4.69, 9.17) is 0 Å². The van der Waals surface area contributed by atoms with Crippen molar-refractivity contribution in [3.63, 3.8) is 0 Å². The Morgan fingerprint density at radius 1 is 1.33 bits per heavy atom. The molecule has 21 heavy (non-hydrogen) atoms. The van der Waals surface area contributed by atoms with Crippen LogP contribution in [0.4, 0.5) is 11.4 Å². The molecule has 1 N–H and O–H groups in total. The highest BCUT2D eigenvalue weighted by Crippen LogP contribution is 2.09. The van der Waals surface area contributed by atoms with Gasteiger partial charge in [0.2, 0.25) is 0 Å². The van der Waals surface area contributed by atoms with Crippen LogP contribution < -0.4 is 15.8 Å². The quantitative estimate of drug-likeness (QED) is 0.874. The molecule has 2 rings (SSSR count). The van der Waals surface area contributed by atoms with E-state index in [0.29, 0.717) is 6.54 Å². The molecule has 0 atom stereocenters. The van der Waals surface area contributed by atoms with Crippen LogP contribution in [0.1, 0.15) is 19.0 Å². The van der Waals surface area contributed by atoms with Crippen LogP contribution in [0.25, 0.3) is 0 Å². The van der Waals surface area contributed by atoms with Gasteiger partial charge in [0.05, 0.1) is 24.1 Å². The molecule has 0 bridgehead atoms. The highest BCUT2D eigenvalue weighted by atomic mass is 16.1. The van der Waals surface area contributed by atoms with Crippen molar-refractivity contribution in [2.75, 3.05) is 30.9 Å². The first kappa shape index (κ1) is 15.0. The summed E-state index contributed by atoms with van der Waals surface area (Å²) in [6.07, 6.45) is 4.48. The standard InChI is InChI=1S/C15H21N5O/c1-4-6-16-12-5-7-17-13(8-12)11-20-15(21)9-14(10-18-20)19(2)3/h5,7-10H,4,6,11H2,1-3H3,(H,16,17). The molecule has 0 aliphatic rings. The molecule has 0 saturated carbocycles. The minimum atomic E-state index is -0.130. The first-order valence-electron chi connectivity index (χ1n) is 7.03. The van der Waals surface area contributed by atoms with E-state index >= 15 is 0 Å². The smallest absolute Gasteiger partial charge is 0.269 e. The first-order chi connectivity index (χ1) is 10.1. The molecule has 0 unspecified atom stereocenters. The molecule has 6 nitrogen and oxygen atoms in total. The first-order valence-corrected chi connectivity index (χ1v) is 7.03. The summed E-state index contributed by atoms with van der Waals surface area (Å²) < 4.78 is 1.42. The van der Waals surface area contributed by atoms with Gasteiger partial charge in [0.15, 0.2) is 0 Å². The van der Waals surface area contributed by atoms with Gasteiger partial charge in [-0.3, -0.25) is 9.78 Å². The van der Waals surface area contributed by atoms with Crippen molar-refractivity contribution in [3.8, 4) is 0 Å². The average Bonchev–Trinajstić information content (AvgIpc) is 2.47. The lowest BCUT2D eigenvalue weighted by Crippen LogP contribution is -2.25. The molecular formula is C15H21N5O. The van der Waals surface area contributed by atoms with E-state index in [9.17, 15) is 4.79 Å². The number of rotatable bonds is 6. The third kappa shape index (κ3) is 4.05. The largest absolute Gasteiger partial charge is 0.385 e. The van der Waals surface area contributed by atoms with E-state index < -0.39 is 0 Å². The van der Waals surface area contributed by atoms with Gasteiger partial charge in [-0.2, -0.15) is 5.10 Å². The predicted octanol–water partition coefficient (Wildman–Crippen LogP) is 1.57. The molecule has 2 heterocycles. The molecule has 0 aliphatic heterocycles. The second kappa shape index (κ2) is 6.88. The maximum atomic E-state index is 12.0. The SMILES string of the molecule is CCCNc1ccnc(Cn2ncc(N(C)C)cc2=O)c1. The molecule has 2 aromatic rings. The number of pyridine rings is 1. The van der Waals surface area contributed by atoms with Gasteiger partial charge in [-0.1, -0.05) is 6.92 Å². The fourth-order valence-corrected chi connectivity index (χ4v) is 1.88. The molecule has 0 spiro atoms. The number of hydrogen-bond donors (Lipinski definition) is 1. The molecule has 6 heteroatoms. The van der Waals surface area contributed by atoms with Crippen LogP contribution in [0.2, 0.25) is 0 Å². The van der Waals surface area contributed by atoms with Gasteiger partial charge in [0.1, 0.15) is 0 Å². The van der Waals surface area contributed by atoms with Crippen LogP contribution in [0.5, 0.6) is 0 Å². The van der Waals surface area contributed by atoms with Gasteiger partial charge in [-0.15, -0.1) is 0 Å². The lowest BCUT2D eigenvalue weighted by Gasteiger charge is -2.12. The molecule has 112 valence electrons. The lowest BCUT2D eigenvalue weighted by atomic mass is 10.3. The topological polar surface area (TPSA) is 63.1 Å². The number of hydrogen-bond acceptors (Lipinski definition) is 5. The maximum Gasteiger partial charge on any atom is 0.269 e. The van der Waals surface area contributed by atoms with E-state index in [1.165, 1.54) is 4.68 Å². The number of aromatic nitrogens is 3. The van der Waals surface area contributed by atoms with Crippen LogP contribution >= 0.6 is 0 Å². The summed E-state index contributed by atoms with van der Waals surface area (Å²) in [6.45, 7) is 3.40. The highest BCUT2D eigenvalue weighted by Gasteiger charge is 2.04. The van der Waals surface area contributed by atoms with Crippen molar-refractivity contribution < 1.29 is 0 Å². The van der Waals surface area contributed by atoms with E-state index in [0.717, 1.165) is 30.0 Å². The van der Waals surface area contributed by atoms with Crippen LogP contribution in [0, 0.1) is 0 Å². The van der Waals surface area contributed by atoms with Crippen molar-refractivity contribution in [2.45, 2.75) is 19.9 Å². The van der Waals surface area contributed by atoms with Crippen LogP contribution in [0.15, 0.2) is 35.4 Å². The van der Waals surface area contributed by atoms with Crippen LogP contribution in [-0.4, -0.2) is 35.4 Å². The van der Waals surface area contributed by atoms with E-state index in [1.54, 1.807) is 18.5 Å². The Kier molecular flexibility index (Phi) is 4.92. The van der Waals surface area contributed by atoms with Crippen molar-refractivity contribution in [1.82, 2.24) is 14.8 Å². The molecule has 0 saturated heterocycles. The van der Waals surface area contributed by atoms with Gasteiger partial charge < -0.3 is 10.2 Å². The summed E-state index contributed by atoms with van der Waals surface area (Å²) in [4.78, 5) is 18.2. The Morgan fingerprint density at radius 3 is 2.81 bits per heavy atom. The normalized spacial score (nSPS) is 10.4. The summed E-state index contributed by atoms with van der Waals surface area (Å²) in [6, 6.07) is 5.44. The summed E-state index contributed by atoms with van der Waals surface area (Å²) >= 11 is 0. The monoisotopic (exact) mass is 287 g/mol. The van der Waals surface area contributed by atoms with Gasteiger partial charge in [-0.05, 0) is 18.6 Å². The molecular weight excluding hydrogens is 266 g/mol. The van der Waals surface area contributed by atoms with Crippen LogP contribution in [0.3, 0.4) is 0 Å². The van der Waals surface area contributed by atoms with Crippen molar-refractivity contribution in [1.29, 1.82) is 0 Å². The fraction of sp³-hybridized carbons (Fsp3) is 0.400. The second-order valence-corrected chi connectivity index (χ2v) is 5.07. The highest BCUT2D eigenvalue weighted by molar-refractivity contribution is 5.43. The molecule has 0 aliphatic carbocycles. The third-order valence-corrected chi connectivity index (χ3v) is 3.08. The van der Waals surface area contributed by atoms with Crippen molar-refractivity contribution >= 4 is 11.4 Å². The molecule has 0 amide bonds. The number of anilines is 2. The Bertz CT molecular complexity index is 651. The zero-order valence-electron chi connectivity index (χ0n) is 12.7. The Morgan fingerprint density at radius 2 is 2.14 bits per heavy atom. The molecule has 2 aromatic heterocycles. The third-order valence-electron chi connectivity index (χ3n) is 3.08. The van der Waals surface area contributed by atoms with Gasteiger partial charge in [0.25, 0.3) is 5.56 Å². The fourth-order valence-electron chi connectivity index (χ4n) is 1.88. The molecule has 0 aromatic carbocycles. The zero-order chi connectivity index (χ0) is 15.2. The van der Waals surface area contributed by atoms with Crippen molar-refractivity contribution in [3.05, 3.63) is 46.6 Å². The summed E-state index contributed by atoms with van der Waals surface area (Å²) in [5.41, 5.74) is 2.49. The predicted molar refractivity (Wildman–Crippen MR) is 84.9 cm³/mol. The minimum Gasteiger partial charge on any atom is -0.385 e. The zero-order valence-corrected chi connectivity index (χ0v) is 12.7. The summed E-state index contributed by atoms with van der Waals surface area (Å²) in [5, 5.41) is 7.49. The number of nitrogens with zero attached hydrogens (tertiary/aromatic N) is 4. The van der Waals surface area contributed by atoms with Crippen molar-refractivity contribution in [2.24, 2.45) is 0 Å². The van der Waals surface area contributed by atoms with E-state index in [1.807, 2.05) is 31.1 Å². The van der Waals surface area contributed by atoms with E-state index in [2.05, 4.69) is 22.3 Å². The second-order valence-electron chi connectivity index (χ2n) is 5.07. The average molecular weight is 287 g/mol. The maximum absolute atomic E-state index is 12.0. The Labute approximate surface area is 124 Å². The molecule has 0 radical (unpaired) electrons. The Hall–Kier alpha value is -2.37. The summed E-state index contributed by atoms with van der Waals surface area (Å²) in [7, 11) is 3.76. The van der Waals surface area contributed by atoms with Gasteiger partial charge in [-0.25, -0.2) is 4.68 Å². The summed E-state index contributed by atoms with van der Waals surface area (Å²) in [5.74, 6) is 0. The molecule has 0 fully saturated rings. The van der Waals surface area contributed by atoms with Gasteiger partial charge in [0, 0.05) is 38.6 Å². The minimum absolute atomic E-state index is 0.130. The lowest BCUT2D eigenvalue weighted by molar-refractivity contribution is 0.627. The van der Waals surface area contributed by atoms with Crippen LogP contribution in [-0.2, 0) is 6.54 Å². The van der Waals surface area contributed by atoms with Gasteiger partial charge >= 0.3 is 0 Å². The van der Waals surface area contributed by atoms with E-state index in [-0.39, 0.29) is 5.56 Å². The number of nitrogens with one attached hydrogen (secondary N) is 1.